The fourth-order valence-electron chi connectivity index (χ4n) is 4.67. The molecule has 3 heteroatoms. The quantitative estimate of drug-likeness (QED) is 0.510. The van der Waals surface area contributed by atoms with E-state index >= 15 is 0 Å². The molecule has 0 saturated carbocycles. The Labute approximate surface area is 160 Å². The predicted octanol–water partition coefficient (Wildman–Crippen LogP) is 5.94. The lowest BCUT2D eigenvalue weighted by molar-refractivity contribution is -0.113. The van der Waals surface area contributed by atoms with Crippen molar-refractivity contribution in [3.05, 3.63) is 35.6 Å². The highest BCUT2D eigenvalue weighted by molar-refractivity contribution is 5.28. The SMILES string of the molecule is CCCN(CCC)CCC1(c2ccc(F)cc2)CCOC(CC)(CC)C1. The van der Waals surface area contributed by atoms with E-state index in [-0.39, 0.29) is 16.8 Å². The minimum absolute atomic E-state index is 0.0347. The van der Waals surface area contributed by atoms with Crippen LogP contribution in [0.5, 0.6) is 0 Å². The number of nitrogens with zero attached hydrogens (tertiary/aromatic N) is 1. The summed E-state index contributed by atoms with van der Waals surface area (Å²) in [6.45, 7) is 13.2. The minimum Gasteiger partial charge on any atom is -0.375 e. The van der Waals surface area contributed by atoms with Crippen LogP contribution in [-0.2, 0) is 10.2 Å². The van der Waals surface area contributed by atoms with Crippen LogP contribution in [-0.4, -0.2) is 36.7 Å². The topological polar surface area (TPSA) is 12.5 Å². The van der Waals surface area contributed by atoms with Gasteiger partial charge >= 0.3 is 0 Å². The van der Waals surface area contributed by atoms with Crippen molar-refractivity contribution in [2.24, 2.45) is 0 Å². The van der Waals surface area contributed by atoms with Crippen LogP contribution in [0.1, 0.15) is 78.2 Å². The fraction of sp³-hybridized carbons (Fsp3) is 0.739. The number of halogens is 1. The highest BCUT2D eigenvalue weighted by Gasteiger charge is 2.44. The zero-order valence-electron chi connectivity index (χ0n) is 17.3. The maximum atomic E-state index is 13.5. The summed E-state index contributed by atoms with van der Waals surface area (Å²) in [4.78, 5) is 2.60. The van der Waals surface area contributed by atoms with Gasteiger partial charge in [0.05, 0.1) is 5.60 Å². The fourth-order valence-corrected chi connectivity index (χ4v) is 4.67. The van der Waals surface area contributed by atoms with Gasteiger partial charge in [0.1, 0.15) is 5.82 Å². The van der Waals surface area contributed by atoms with Gasteiger partial charge in [0.25, 0.3) is 0 Å². The van der Waals surface area contributed by atoms with Gasteiger partial charge in [-0.05, 0) is 82.3 Å². The molecule has 1 aromatic rings. The highest BCUT2D eigenvalue weighted by atomic mass is 19.1. The van der Waals surface area contributed by atoms with Crippen LogP contribution < -0.4 is 0 Å². The predicted molar refractivity (Wildman–Crippen MR) is 108 cm³/mol. The molecule has 1 aliphatic rings. The van der Waals surface area contributed by atoms with Crippen LogP contribution in [0.25, 0.3) is 0 Å². The first-order valence-electron chi connectivity index (χ1n) is 10.7. The zero-order chi connectivity index (χ0) is 19.0. The van der Waals surface area contributed by atoms with E-state index in [0.717, 1.165) is 58.3 Å². The first kappa shape index (κ1) is 21.4. The van der Waals surface area contributed by atoms with Gasteiger partial charge in [-0.25, -0.2) is 4.39 Å². The van der Waals surface area contributed by atoms with Crippen LogP contribution in [0.4, 0.5) is 4.39 Å². The molecule has 1 fully saturated rings. The molecule has 0 bridgehead atoms. The molecule has 1 aromatic carbocycles. The van der Waals surface area contributed by atoms with Crippen molar-refractivity contribution in [3.8, 4) is 0 Å². The summed E-state index contributed by atoms with van der Waals surface area (Å²) in [7, 11) is 0. The van der Waals surface area contributed by atoms with E-state index < -0.39 is 0 Å². The summed E-state index contributed by atoms with van der Waals surface area (Å²) >= 11 is 0. The second kappa shape index (κ2) is 9.85. The molecule has 0 radical (unpaired) electrons. The zero-order valence-corrected chi connectivity index (χ0v) is 17.3. The lowest BCUT2D eigenvalue weighted by Crippen LogP contribution is -2.48. The Kier molecular flexibility index (Phi) is 8.09. The summed E-state index contributed by atoms with van der Waals surface area (Å²) in [5.41, 5.74) is 1.35. The number of hydrogen-bond acceptors (Lipinski definition) is 2. The summed E-state index contributed by atoms with van der Waals surface area (Å²) < 4.78 is 19.8. The molecular formula is C23H38FNO. The van der Waals surface area contributed by atoms with Gasteiger partial charge in [0.15, 0.2) is 0 Å². The molecule has 0 N–H and O–H groups in total. The van der Waals surface area contributed by atoms with Crippen molar-refractivity contribution >= 4 is 0 Å². The Hall–Kier alpha value is -0.930. The molecule has 1 unspecified atom stereocenters. The number of benzene rings is 1. The van der Waals surface area contributed by atoms with E-state index in [1.807, 2.05) is 12.1 Å². The molecular weight excluding hydrogens is 325 g/mol. The van der Waals surface area contributed by atoms with Crippen molar-refractivity contribution in [3.63, 3.8) is 0 Å². The van der Waals surface area contributed by atoms with Crippen molar-refractivity contribution < 1.29 is 9.13 Å². The third-order valence-electron chi connectivity index (χ3n) is 6.38. The van der Waals surface area contributed by atoms with Gasteiger partial charge in [-0.1, -0.05) is 39.8 Å². The molecule has 1 heterocycles. The maximum Gasteiger partial charge on any atom is 0.123 e. The van der Waals surface area contributed by atoms with Crippen LogP contribution in [0.2, 0.25) is 0 Å². The Morgan fingerprint density at radius 1 is 0.962 bits per heavy atom. The van der Waals surface area contributed by atoms with Crippen LogP contribution in [0.3, 0.4) is 0 Å². The Bertz CT molecular complexity index is 520. The third kappa shape index (κ3) is 5.07. The molecule has 2 rings (SSSR count). The average molecular weight is 364 g/mol. The third-order valence-corrected chi connectivity index (χ3v) is 6.38. The van der Waals surface area contributed by atoms with Gasteiger partial charge in [0, 0.05) is 12.0 Å². The van der Waals surface area contributed by atoms with Crippen molar-refractivity contribution in [1.82, 2.24) is 4.90 Å². The van der Waals surface area contributed by atoms with E-state index in [0.29, 0.717) is 0 Å². The standard InChI is InChI=1S/C23H38FNO/c1-5-15-25(16-6-2)17-13-22(20-9-11-21(24)12-10-20)14-18-26-23(7-3,8-4)19-22/h9-12H,5-8,13-19H2,1-4H3. The van der Waals surface area contributed by atoms with Gasteiger partial charge in [-0.2, -0.15) is 0 Å². The van der Waals surface area contributed by atoms with E-state index in [4.69, 9.17) is 4.74 Å². The lowest BCUT2D eigenvalue weighted by atomic mass is 9.65. The molecule has 26 heavy (non-hydrogen) atoms. The highest BCUT2D eigenvalue weighted by Crippen LogP contribution is 2.46. The summed E-state index contributed by atoms with van der Waals surface area (Å²) in [5.74, 6) is -0.146. The van der Waals surface area contributed by atoms with E-state index in [9.17, 15) is 4.39 Å². The Morgan fingerprint density at radius 3 is 2.12 bits per heavy atom. The smallest absolute Gasteiger partial charge is 0.123 e. The number of rotatable bonds is 10. The largest absolute Gasteiger partial charge is 0.375 e. The molecule has 2 nitrogen and oxygen atoms in total. The van der Waals surface area contributed by atoms with Gasteiger partial charge in [-0.15, -0.1) is 0 Å². The lowest BCUT2D eigenvalue weighted by Gasteiger charge is -2.48. The average Bonchev–Trinajstić information content (AvgIpc) is 2.67. The first-order valence-corrected chi connectivity index (χ1v) is 10.7. The molecule has 148 valence electrons. The molecule has 0 amide bonds. The normalized spacial score (nSPS) is 22.7. The van der Waals surface area contributed by atoms with Crippen molar-refractivity contribution in [1.29, 1.82) is 0 Å². The number of hydrogen-bond donors (Lipinski definition) is 0. The van der Waals surface area contributed by atoms with Gasteiger partial charge in [0.2, 0.25) is 0 Å². The molecule has 0 aromatic heterocycles. The maximum absolute atomic E-state index is 13.5. The molecule has 0 spiro atoms. The van der Waals surface area contributed by atoms with Crippen molar-refractivity contribution in [2.45, 2.75) is 83.7 Å². The molecule has 1 atom stereocenters. The minimum atomic E-state index is -0.146. The van der Waals surface area contributed by atoms with Crippen LogP contribution in [0, 0.1) is 5.82 Å². The van der Waals surface area contributed by atoms with Crippen LogP contribution in [0.15, 0.2) is 24.3 Å². The van der Waals surface area contributed by atoms with Crippen LogP contribution >= 0.6 is 0 Å². The molecule has 0 aliphatic carbocycles. The Morgan fingerprint density at radius 2 is 1.58 bits per heavy atom. The monoisotopic (exact) mass is 363 g/mol. The molecule has 1 aliphatic heterocycles. The van der Waals surface area contributed by atoms with E-state index in [1.54, 1.807) is 12.1 Å². The van der Waals surface area contributed by atoms with Gasteiger partial charge in [-0.3, -0.25) is 0 Å². The van der Waals surface area contributed by atoms with E-state index in [1.165, 1.54) is 18.4 Å². The van der Waals surface area contributed by atoms with Gasteiger partial charge < -0.3 is 9.64 Å². The second-order valence-electron chi connectivity index (χ2n) is 8.04. The molecule has 1 saturated heterocycles. The van der Waals surface area contributed by atoms with E-state index in [2.05, 4.69) is 32.6 Å². The Balaban J connectivity index is 2.28. The summed E-state index contributed by atoms with van der Waals surface area (Å²) in [6, 6.07) is 7.28. The number of ether oxygens (including phenoxy) is 1. The first-order chi connectivity index (χ1) is 12.5. The summed E-state index contributed by atoms with van der Waals surface area (Å²) in [6.07, 6.45) is 7.68. The summed E-state index contributed by atoms with van der Waals surface area (Å²) in [5, 5.41) is 0. The second-order valence-corrected chi connectivity index (χ2v) is 8.04. The van der Waals surface area contributed by atoms with Crippen molar-refractivity contribution in [2.75, 3.05) is 26.2 Å².